The first-order chi connectivity index (χ1) is 12.9. The van der Waals surface area contributed by atoms with Crippen LogP contribution < -0.4 is 10.6 Å². The van der Waals surface area contributed by atoms with Gasteiger partial charge in [-0.05, 0) is 57.7 Å². The number of nitrogens with zero attached hydrogens (tertiary/aromatic N) is 4. The van der Waals surface area contributed by atoms with Crippen molar-refractivity contribution in [2.75, 3.05) is 33.2 Å². The summed E-state index contributed by atoms with van der Waals surface area (Å²) in [6, 6.07) is 0.560. The van der Waals surface area contributed by atoms with Gasteiger partial charge in [0.25, 0.3) is 0 Å². The molecule has 6 nitrogen and oxygen atoms in total. The Hall–Kier alpha value is -1.56. The van der Waals surface area contributed by atoms with Crippen LogP contribution in [0.1, 0.15) is 56.5 Å². The Labute approximate surface area is 165 Å². The highest BCUT2D eigenvalue weighted by Gasteiger charge is 2.22. The lowest BCUT2D eigenvalue weighted by Crippen LogP contribution is -2.50. The van der Waals surface area contributed by atoms with E-state index >= 15 is 0 Å². The van der Waals surface area contributed by atoms with E-state index in [-0.39, 0.29) is 0 Å². The second kappa shape index (κ2) is 10.7. The molecule has 1 unspecified atom stereocenters. The Morgan fingerprint density at radius 3 is 2.30 bits per heavy atom. The minimum absolute atomic E-state index is 0.560. The van der Waals surface area contributed by atoms with Crippen molar-refractivity contribution in [3.8, 4) is 0 Å². The maximum absolute atomic E-state index is 4.50. The molecule has 0 aliphatic carbocycles. The van der Waals surface area contributed by atoms with Crippen LogP contribution >= 0.6 is 0 Å². The number of aliphatic imine (C=N–C) groups is 1. The second-order valence-electron chi connectivity index (χ2n) is 8.16. The molecule has 2 heterocycles. The van der Waals surface area contributed by atoms with Crippen molar-refractivity contribution in [1.82, 2.24) is 25.3 Å². The van der Waals surface area contributed by atoms with Gasteiger partial charge in [-0.25, -0.2) is 0 Å². The van der Waals surface area contributed by atoms with Crippen LogP contribution in [0.4, 0.5) is 0 Å². The first kappa shape index (κ1) is 21.7. The number of nitrogens with one attached hydrogen (secondary N) is 2. The van der Waals surface area contributed by atoms with E-state index in [0.717, 1.165) is 31.2 Å². The van der Waals surface area contributed by atoms with E-state index in [4.69, 9.17) is 0 Å². The van der Waals surface area contributed by atoms with Gasteiger partial charge in [0.15, 0.2) is 5.96 Å². The Kier molecular flexibility index (Phi) is 8.61. The van der Waals surface area contributed by atoms with E-state index in [1.807, 2.05) is 18.8 Å². The van der Waals surface area contributed by atoms with E-state index in [0.29, 0.717) is 12.0 Å². The van der Waals surface area contributed by atoms with E-state index in [1.54, 1.807) is 0 Å². The standard InChI is InChI=1S/C21H40N6/c1-16(2)20(27-13-9-7-8-10-14-27)15-24-21(22-5)23-12-11-19-17(3)25-26(6)18(19)4/h16,20H,7-15H2,1-6H3,(H2,22,23,24). The zero-order valence-electron chi connectivity index (χ0n) is 18.3. The molecule has 0 spiro atoms. The fourth-order valence-electron chi connectivity index (χ4n) is 4.12. The Balaban J connectivity index is 1.84. The lowest BCUT2D eigenvalue weighted by molar-refractivity contribution is 0.161. The molecule has 6 heteroatoms. The molecule has 0 radical (unpaired) electrons. The quantitative estimate of drug-likeness (QED) is 0.567. The van der Waals surface area contributed by atoms with Gasteiger partial charge in [-0.1, -0.05) is 26.7 Å². The molecule has 1 atom stereocenters. The number of aryl methyl sites for hydroxylation is 2. The van der Waals surface area contributed by atoms with Gasteiger partial charge in [-0.3, -0.25) is 14.6 Å². The first-order valence-electron chi connectivity index (χ1n) is 10.6. The predicted molar refractivity (Wildman–Crippen MR) is 114 cm³/mol. The summed E-state index contributed by atoms with van der Waals surface area (Å²) in [5.41, 5.74) is 3.71. The topological polar surface area (TPSA) is 57.5 Å². The summed E-state index contributed by atoms with van der Waals surface area (Å²) in [6.07, 6.45) is 6.39. The highest BCUT2D eigenvalue weighted by molar-refractivity contribution is 5.79. The maximum atomic E-state index is 4.50. The number of aromatic nitrogens is 2. The van der Waals surface area contributed by atoms with Gasteiger partial charge >= 0.3 is 0 Å². The zero-order chi connectivity index (χ0) is 19.8. The van der Waals surface area contributed by atoms with Crippen molar-refractivity contribution in [3.63, 3.8) is 0 Å². The Morgan fingerprint density at radius 1 is 1.11 bits per heavy atom. The van der Waals surface area contributed by atoms with Crippen LogP contribution in [0.15, 0.2) is 4.99 Å². The van der Waals surface area contributed by atoms with E-state index in [2.05, 4.69) is 53.3 Å². The fraction of sp³-hybridized carbons (Fsp3) is 0.810. The molecule has 154 valence electrons. The van der Waals surface area contributed by atoms with Gasteiger partial charge in [0.2, 0.25) is 0 Å². The molecule has 1 aromatic heterocycles. The van der Waals surface area contributed by atoms with Crippen molar-refractivity contribution < 1.29 is 0 Å². The molecule has 0 amide bonds. The molecule has 1 aliphatic rings. The van der Waals surface area contributed by atoms with Gasteiger partial charge in [-0.2, -0.15) is 5.10 Å². The largest absolute Gasteiger partial charge is 0.356 e. The van der Waals surface area contributed by atoms with Crippen LogP contribution in [0.3, 0.4) is 0 Å². The minimum atomic E-state index is 0.560. The third-order valence-electron chi connectivity index (χ3n) is 5.91. The van der Waals surface area contributed by atoms with Crippen LogP contribution in [-0.4, -0.2) is 59.9 Å². The van der Waals surface area contributed by atoms with Crippen LogP contribution in [0.5, 0.6) is 0 Å². The summed E-state index contributed by atoms with van der Waals surface area (Å²) in [7, 11) is 3.86. The van der Waals surface area contributed by atoms with E-state index in [9.17, 15) is 0 Å². The van der Waals surface area contributed by atoms with Crippen molar-refractivity contribution in [3.05, 3.63) is 17.0 Å². The molecular formula is C21H40N6. The number of rotatable bonds is 7. The molecule has 1 fully saturated rings. The smallest absolute Gasteiger partial charge is 0.191 e. The van der Waals surface area contributed by atoms with Gasteiger partial charge in [0.1, 0.15) is 0 Å². The van der Waals surface area contributed by atoms with Crippen LogP contribution in [0.2, 0.25) is 0 Å². The monoisotopic (exact) mass is 376 g/mol. The van der Waals surface area contributed by atoms with Gasteiger partial charge in [0.05, 0.1) is 5.69 Å². The molecule has 1 saturated heterocycles. The first-order valence-corrected chi connectivity index (χ1v) is 10.6. The van der Waals surface area contributed by atoms with Crippen LogP contribution in [-0.2, 0) is 13.5 Å². The lowest BCUT2D eigenvalue weighted by Gasteiger charge is -2.34. The third kappa shape index (κ3) is 6.23. The summed E-state index contributed by atoms with van der Waals surface area (Å²) < 4.78 is 1.96. The zero-order valence-corrected chi connectivity index (χ0v) is 18.3. The summed E-state index contributed by atoms with van der Waals surface area (Å²) in [5, 5.41) is 11.5. The molecule has 1 aliphatic heterocycles. The maximum Gasteiger partial charge on any atom is 0.191 e. The Morgan fingerprint density at radius 2 is 1.78 bits per heavy atom. The number of hydrogen-bond donors (Lipinski definition) is 2. The van der Waals surface area contributed by atoms with E-state index in [1.165, 1.54) is 50.0 Å². The molecule has 2 rings (SSSR count). The van der Waals surface area contributed by atoms with Crippen molar-refractivity contribution >= 4 is 5.96 Å². The molecule has 2 N–H and O–H groups in total. The predicted octanol–water partition coefficient (Wildman–Crippen LogP) is 2.65. The number of guanidine groups is 1. The summed E-state index contributed by atoms with van der Waals surface area (Å²) in [6.45, 7) is 13.2. The van der Waals surface area contributed by atoms with Gasteiger partial charge < -0.3 is 10.6 Å². The van der Waals surface area contributed by atoms with Crippen molar-refractivity contribution in [2.45, 2.75) is 65.8 Å². The molecular weight excluding hydrogens is 336 g/mol. The van der Waals surface area contributed by atoms with Crippen LogP contribution in [0.25, 0.3) is 0 Å². The van der Waals surface area contributed by atoms with Crippen molar-refractivity contribution in [2.24, 2.45) is 18.0 Å². The third-order valence-corrected chi connectivity index (χ3v) is 5.91. The summed E-state index contributed by atoms with van der Waals surface area (Å²) >= 11 is 0. The SMILES string of the molecule is CN=C(NCCc1c(C)nn(C)c1C)NCC(C(C)C)N1CCCCCC1. The molecule has 0 bridgehead atoms. The minimum Gasteiger partial charge on any atom is -0.356 e. The fourth-order valence-corrected chi connectivity index (χ4v) is 4.12. The highest BCUT2D eigenvalue weighted by atomic mass is 15.3. The van der Waals surface area contributed by atoms with Crippen LogP contribution in [0, 0.1) is 19.8 Å². The second-order valence-corrected chi connectivity index (χ2v) is 8.16. The van der Waals surface area contributed by atoms with E-state index < -0.39 is 0 Å². The van der Waals surface area contributed by atoms with Gasteiger partial charge in [-0.15, -0.1) is 0 Å². The summed E-state index contributed by atoms with van der Waals surface area (Å²) in [4.78, 5) is 7.10. The molecule has 27 heavy (non-hydrogen) atoms. The van der Waals surface area contributed by atoms with Crippen molar-refractivity contribution in [1.29, 1.82) is 0 Å². The molecule has 1 aromatic rings. The highest BCUT2D eigenvalue weighted by Crippen LogP contribution is 2.17. The van der Waals surface area contributed by atoms with Gasteiger partial charge in [0, 0.05) is 38.9 Å². The normalized spacial score (nSPS) is 17.8. The molecule has 0 saturated carbocycles. The summed E-state index contributed by atoms with van der Waals surface area (Å²) in [5.74, 6) is 1.53. The average molecular weight is 377 g/mol. The lowest BCUT2D eigenvalue weighted by atomic mass is 10.0. The number of hydrogen-bond acceptors (Lipinski definition) is 3. The Bertz CT molecular complexity index is 596. The molecule has 0 aromatic carbocycles. The number of likely N-dealkylation sites (tertiary alicyclic amines) is 1. The average Bonchev–Trinajstić information content (AvgIpc) is 2.83.